The van der Waals surface area contributed by atoms with Gasteiger partial charge in [-0.3, -0.25) is 0 Å². The van der Waals surface area contributed by atoms with Gasteiger partial charge in [-0.2, -0.15) is 13.2 Å². The molecule has 0 aromatic heterocycles. The molecule has 0 aliphatic carbocycles. The van der Waals surface area contributed by atoms with Crippen LogP contribution in [0.25, 0.3) is 0 Å². The van der Waals surface area contributed by atoms with Crippen LogP contribution in [-0.2, 0) is 16.2 Å². The maximum atomic E-state index is 13.0. The number of sulfonamides is 1. The Morgan fingerprint density at radius 1 is 1.16 bits per heavy atom. The van der Waals surface area contributed by atoms with Crippen LogP contribution in [0.15, 0.2) is 46.4 Å². The van der Waals surface area contributed by atoms with E-state index in [0.29, 0.717) is 11.3 Å². The number of alkyl halides is 3. The molecule has 2 aromatic rings. The first kappa shape index (κ1) is 26.2. The van der Waals surface area contributed by atoms with Crippen LogP contribution >= 0.6 is 0 Å². The van der Waals surface area contributed by atoms with E-state index in [-0.39, 0.29) is 22.0 Å². The van der Waals surface area contributed by atoms with Crippen LogP contribution in [0, 0.1) is 6.92 Å². The van der Waals surface area contributed by atoms with Crippen molar-refractivity contribution in [1.82, 2.24) is 9.84 Å². The first-order valence-electron chi connectivity index (χ1n) is 9.20. The van der Waals surface area contributed by atoms with Crippen LogP contribution in [0.3, 0.4) is 0 Å². The number of aryl methyl sites for hydroxylation is 1. The molecule has 0 aliphatic rings. The fourth-order valence-corrected chi connectivity index (χ4v) is 3.38. The zero-order valence-electron chi connectivity index (χ0n) is 17.9. The summed E-state index contributed by atoms with van der Waals surface area (Å²) < 4.78 is 65.6. The Morgan fingerprint density at radius 2 is 1.77 bits per heavy atom. The third-order valence-electron chi connectivity index (χ3n) is 3.89. The molecule has 0 amide bonds. The Labute approximate surface area is 180 Å². The van der Waals surface area contributed by atoms with E-state index in [9.17, 15) is 21.6 Å². The van der Waals surface area contributed by atoms with Gasteiger partial charge in [-0.25, -0.2) is 24.1 Å². The van der Waals surface area contributed by atoms with E-state index < -0.39 is 21.8 Å². The normalized spacial score (nSPS) is 12.1. The van der Waals surface area contributed by atoms with Crippen molar-refractivity contribution in [2.24, 2.45) is 16.7 Å². The van der Waals surface area contributed by atoms with E-state index in [0.717, 1.165) is 17.3 Å². The summed E-state index contributed by atoms with van der Waals surface area (Å²) in [7, 11) is -1.14. The van der Waals surface area contributed by atoms with Crippen LogP contribution < -0.4 is 21.6 Å². The predicted octanol–water partition coefficient (Wildman–Crippen LogP) is 3.12. The third-order valence-corrected chi connectivity index (χ3v) is 5.28. The molecule has 0 radical (unpaired) electrons. The van der Waals surface area contributed by atoms with Crippen molar-refractivity contribution < 1.29 is 21.6 Å². The van der Waals surface area contributed by atoms with Crippen LogP contribution in [0.4, 0.5) is 24.5 Å². The number of nitrogens with two attached hydrogens (primary N) is 2. The Bertz CT molecular complexity index is 1040. The van der Waals surface area contributed by atoms with E-state index >= 15 is 0 Å². The van der Waals surface area contributed by atoms with Crippen molar-refractivity contribution in [2.45, 2.75) is 31.8 Å². The van der Waals surface area contributed by atoms with Gasteiger partial charge in [-0.1, -0.05) is 19.9 Å². The molecule has 0 saturated heterocycles. The lowest BCUT2D eigenvalue weighted by Crippen LogP contribution is -2.27. The van der Waals surface area contributed by atoms with Gasteiger partial charge in [0.25, 0.3) is 0 Å². The monoisotopic (exact) mass is 460 g/mol. The summed E-state index contributed by atoms with van der Waals surface area (Å²) in [4.78, 5) is -0.0834. The number of nitrogens with zero attached hydrogens (tertiary/aromatic N) is 2. The number of anilines is 2. The van der Waals surface area contributed by atoms with Gasteiger partial charge in [-0.05, 0) is 49.9 Å². The summed E-state index contributed by atoms with van der Waals surface area (Å²) >= 11 is 0. The van der Waals surface area contributed by atoms with E-state index in [4.69, 9.17) is 11.6 Å². The van der Waals surface area contributed by atoms with Gasteiger partial charge in [0.1, 0.15) is 0 Å². The number of halogens is 3. The molecule has 6 N–H and O–H groups in total. The molecular weight excluding hydrogens is 433 g/mol. The standard InChI is InChI=1S/C17H21F3N6O2S.C2H6/c1-10-7-13(29(27,28)23-2)9-14(16(21)25-26(3)22)15(10)24-12-6-4-5-11(8-12)17(18,19)20;1-2/h4-9,23-24H,22H2,1-3H3,(H2,21,25);1-2H3. The molecule has 0 spiro atoms. The minimum atomic E-state index is -4.51. The zero-order valence-corrected chi connectivity index (χ0v) is 18.7. The fraction of sp³-hybridized carbons (Fsp3) is 0.316. The summed E-state index contributed by atoms with van der Waals surface area (Å²) in [5.41, 5.74) is 6.15. The van der Waals surface area contributed by atoms with Crippen molar-refractivity contribution in [3.8, 4) is 0 Å². The number of hydrazone groups is 1. The summed E-state index contributed by atoms with van der Waals surface area (Å²) in [5, 5.41) is 7.66. The maximum absolute atomic E-state index is 13.0. The SMILES string of the molecule is CC.CNS(=O)(=O)c1cc(C)c(Nc2cccc(C(F)(F)F)c2)c(/C(N)=N/N(C)N)c1. The van der Waals surface area contributed by atoms with E-state index in [1.807, 2.05) is 13.8 Å². The molecule has 0 aliphatic heterocycles. The van der Waals surface area contributed by atoms with E-state index in [2.05, 4.69) is 15.1 Å². The zero-order chi connectivity index (χ0) is 24.0. The summed E-state index contributed by atoms with van der Waals surface area (Å²) in [6.07, 6.45) is -4.51. The van der Waals surface area contributed by atoms with Crippen molar-refractivity contribution in [3.05, 3.63) is 53.1 Å². The predicted molar refractivity (Wildman–Crippen MR) is 116 cm³/mol. The molecule has 172 valence electrons. The van der Waals surface area contributed by atoms with Crippen molar-refractivity contribution in [1.29, 1.82) is 0 Å². The molecule has 0 atom stereocenters. The Hall–Kier alpha value is -2.83. The van der Waals surface area contributed by atoms with Gasteiger partial charge in [0.2, 0.25) is 10.0 Å². The van der Waals surface area contributed by atoms with Crippen LogP contribution in [0.5, 0.6) is 0 Å². The minimum absolute atomic E-state index is 0.0834. The van der Waals surface area contributed by atoms with Gasteiger partial charge in [0.15, 0.2) is 5.84 Å². The average Bonchev–Trinajstić information content (AvgIpc) is 2.69. The quantitative estimate of drug-likeness (QED) is 0.227. The van der Waals surface area contributed by atoms with Gasteiger partial charge < -0.3 is 11.1 Å². The molecular formula is C19H27F3N6O2S. The molecule has 2 aromatic carbocycles. The Morgan fingerprint density at radius 3 is 2.29 bits per heavy atom. The average molecular weight is 461 g/mol. The van der Waals surface area contributed by atoms with Crippen LogP contribution in [0.1, 0.15) is 30.5 Å². The molecule has 0 heterocycles. The summed E-state index contributed by atoms with van der Waals surface area (Å²) in [6, 6.07) is 7.20. The highest BCUT2D eigenvalue weighted by molar-refractivity contribution is 7.89. The number of hydrogen-bond acceptors (Lipinski definition) is 6. The maximum Gasteiger partial charge on any atom is 0.416 e. The second kappa shape index (κ2) is 10.5. The van der Waals surface area contributed by atoms with Crippen molar-refractivity contribution >= 4 is 27.2 Å². The lowest BCUT2D eigenvalue weighted by Gasteiger charge is -2.18. The highest BCUT2D eigenvalue weighted by Gasteiger charge is 2.30. The topological polar surface area (TPSA) is 126 Å². The minimum Gasteiger partial charge on any atom is -0.382 e. The highest BCUT2D eigenvalue weighted by Crippen LogP contribution is 2.33. The van der Waals surface area contributed by atoms with Gasteiger partial charge in [0, 0.05) is 18.3 Å². The van der Waals surface area contributed by atoms with Crippen LogP contribution in [-0.4, -0.2) is 33.5 Å². The van der Waals surface area contributed by atoms with Gasteiger partial charge in [-0.15, -0.1) is 5.10 Å². The second-order valence-corrected chi connectivity index (χ2v) is 8.02. The second-order valence-electron chi connectivity index (χ2n) is 6.13. The molecule has 2 rings (SSSR count). The first-order chi connectivity index (χ1) is 14.3. The number of nitrogens with one attached hydrogen (secondary N) is 2. The number of amidine groups is 1. The Kier molecular flexibility index (Phi) is 8.85. The van der Waals surface area contributed by atoms with Crippen LogP contribution in [0.2, 0.25) is 0 Å². The smallest absolute Gasteiger partial charge is 0.382 e. The number of hydrogen-bond donors (Lipinski definition) is 4. The summed E-state index contributed by atoms with van der Waals surface area (Å²) in [6.45, 7) is 5.59. The molecule has 0 saturated carbocycles. The first-order valence-corrected chi connectivity index (χ1v) is 10.7. The molecule has 12 heteroatoms. The van der Waals surface area contributed by atoms with E-state index in [1.165, 1.54) is 38.4 Å². The highest BCUT2D eigenvalue weighted by atomic mass is 32.2. The number of rotatable bonds is 6. The lowest BCUT2D eigenvalue weighted by molar-refractivity contribution is -0.137. The molecule has 0 bridgehead atoms. The molecule has 31 heavy (non-hydrogen) atoms. The van der Waals surface area contributed by atoms with Crippen molar-refractivity contribution in [2.75, 3.05) is 19.4 Å². The molecule has 0 fully saturated rings. The van der Waals surface area contributed by atoms with Gasteiger partial charge >= 0.3 is 6.18 Å². The number of hydrazine groups is 1. The van der Waals surface area contributed by atoms with E-state index in [1.54, 1.807) is 6.92 Å². The van der Waals surface area contributed by atoms with Crippen molar-refractivity contribution in [3.63, 3.8) is 0 Å². The third kappa shape index (κ3) is 6.84. The van der Waals surface area contributed by atoms with Gasteiger partial charge in [0.05, 0.1) is 16.1 Å². The lowest BCUT2D eigenvalue weighted by atomic mass is 10.1. The number of benzene rings is 2. The molecule has 8 nitrogen and oxygen atoms in total. The Balaban J connectivity index is 0.00000233. The molecule has 0 unspecified atom stereocenters. The summed E-state index contributed by atoms with van der Waals surface area (Å²) in [5.74, 6) is 5.35. The fourth-order valence-electron chi connectivity index (χ4n) is 2.54. The largest absolute Gasteiger partial charge is 0.416 e.